The van der Waals surface area contributed by atoms with Crippen molar-refractivity contribution in [2.45, 2.75) is 24.8 Å². The number of carbonyl (C=O) groups excluding carboxylic acids is 3. The molecule has 2 aliphatic heterocycles. The molecule has 1 fully saturated rings. The number of piperidine rings is 1. The zero-order valence-electron chi connectivity index (χ0n) is 15.4. The van der Waals surface area contributed by atoms with Gasteiger partial charge in [0, 0.05) is 24.2 Å². The second-order valence-electron chi connectivity index (χ2n) is 7.16. The van der Waals surface area contributed by atoms with Crippen molar-refractivity contribution in [3.63, 3.8) is 0 Å². The fourth-order valence-electron chi connectivity index (χ4n) is 4.02. The van der Waals surface area contributed by atoms with Gasteiger partial charge < -0.3 is 0 Å². The van der Waals surface area contributed by atoms with Crippen LogP contribution in [0.4, 0.5) is 14.6 Å². The number of carbonyl (C=O) groups is 3. The van der Waals surface area contributed by atoms with E-state index in [9.17, 15) is 14.4 Å². The number of nitrogens with one attached hydrogen (secondary N) is 1. The molecule has 3 amide bonds. The number of anilines is 1. The lowest BCUT2D eigenvalue weighted by Crippen LogP contribution is -2.53. The molecule has 1 saturated heterocycles. The van der Waals surface area contributed by atoms with Crippen LogP contribution < -0.4 is 10.2 Å². The summed E-state index contributed by atoms with van der Waals surface area (Å²) < 4.78 is 30.5. The third-order valence-electron chi connectivity index (χ3n) is 5.42. The summed E-state index contributed by atoms with van der Waals surface area (Å²) in [7, 11) is 0. The van der Waals surface area contributed by atoms with Gasteiger partial charge in [-0.15, -0.1) is 0 Å². The van der Waals surface area contributed by atoms with Crippen LogP contribution in [0.25, 0.3) is 10.8 Å². The first-order chi connectivity index (χ1) is 14.4. The average molecular weight is 408 g/mol. The van der Waals surface area contributed by atoms with E-state index in [2.05, 4.69) is 15.3 Å². The molecule has 1 aromatic carbocycles. The Morgan fingerprint density at radius 1 is 1.07 bits per heavy atom. The maximum Gasteiger partial charge on any atom is 0.316 e. The van der Waals surface area contributed by atoms with Crippen LogP contribution in [0.1, 0.15) is 34.5 Å². The summed E-state index contributed by atoms with van der Waals surface area (Å²) in [5.74, 6) is -4.82. The maximum absolute atomic E-state index is 15.3. The van der Waals surface area contributed by atoms with E-state index in [1.165, 1.54) is 41.4 Å². The molecule has 0 saturated carbocycles. The molecule has 2 aliphatic rings. The molecule has 0 spiro atoms. The van der Waals surface area contributed by atoms with Crippen LogP contribution in [0.5, 0.6) is 0 Å². The lowest BCUT2D eigenvalue weighted by atomic mass is 9.98. The molecule has 30 heavy (non-hydrogen) atoms. The smallest absolute Gasteiger partial charge is 0.295 e. The van der Waals surface area contributed by atoms with Gasteiger partial charge in [-0.2, -0.15) is 8.78 Å². The van der Waals surface area contributed by atoms with Crippen molar-refractivity contribution in [2.75, 3.05) is 4.90 Å². The molecule has 0 radical (unpaired) electrons. The second kappa shape index (κ2) is 6.38. The van der Waals surface area contributed by atoms with E-state index in [1.54, 1.807) is 6.07 Å². The molecule has 4 heterocycles. The third kappa shape index (κ3) is 2.51. The number of halogens is 2. The van der Waals surface area contributed by atoms with Crippen LogP contribution in [0, 0.1) is 0 Å². The van der Waals surface area contributed by atoms with Gasteiger partial charge in [-0.05, 0) is 30.0 Å². The fraction of sp³-hybridized carbons (Fsp3) is 0.190. The summed E-state index contributed by atoms with van der Waals surface area (Å²) in [5, 5.41) is 2.64. The molecule has 5 rings (SSSR count). The lowest BCUT2D eigenvalue weighted by Gasteiger charge is -2.29. The van der Waals surface area contributed by atoms with E-state index in [0.717, 1.165) is 6.20 Å². The quantitative estimate of drug-likeness (QED) is 0.673. The van der Waals surface area contributed by atoms with Gasteiger partial charge in [-0.25, -0.2) is 4.98 Å². The number of aromatic nitrogens is 2. The topological polar surface area (TPSA) is 92.3 Å². The van der Waals surface area contributed by atoms with Crippen molar-refractivity contribution in [3.8, 4) is 0 Å². The van der Waals surface area contributed by atoms with Crippen molar-refractivity contribution in [1.29, 1.82) is 0 Å². The minimum absolute atomic E-state index is 0.0789. The van der Waals surface area contributed by atoms with Gasteiger partial charge in [-0.3, -0.25) is 29.6 Å². The Morgan fingerprint density at radius 2 is 1.90 bits per heavy atom. The first-order valence-corrected chi connectivity index (χ1v) is 9.28. The first-order valence-electron chi connectivity index (χ1n) is 9.28. The summed E-state index contributed by atoms with van der Waals surface area (Å²) in [6.45, 7) is 0. The highest BCUT2D eigenvalue weighted by atomic mass is 19.3. The highest BCUT2D eigenvalue weighted by molar-refractivity contribution is 6.26. The number of pyridine rings is 2. The maximum atomic E-state index is 15.3. The third-order valence-corrected chi connectivity index (χ3v) is 5.42. The van der Waals surface area contributed by atoms with Gasteiger partial charge in [0.1, 0.15) is 17.6 Å². The largest absolute Gasteiger partial charge is 0.316 e. The second-order valence-corrected chi connectivity index (χ2v) is 7.16. The Hall–Kier alpha value is -3.75. The standard InChI is InChI=1S/C21H14F2N4O3/c22-21(23,15-6-1-2-9-24-15)13-10-25-18-17-11(13)4-3-5-12(17)20(30)27(18)14-7-8-16(28)26-19(14)29/h1-6,9-10,14H,7-8H2,(H,26,28,29). The summed E-state index contributed by atoms with van der Waals surface area (Å²) in [6.07, 6.45) is 2.52. The first kappa shape index (κ1) is 18.3. The molecule has 150 valence electrons. The SMILES string of the molecule is O=C1CCC(N2C(=O)c3cccc4c(C(F)(F)c5ccccn5)cnc2c34)C(=O)N1. The Morgan fingerprint density at radius 3 is 2.63 bits per heavy atom. The zero-order valence-corrected chi connectivity index (χ0v) is 15.4. The van der Waals surface area contributed by atoms with Crippen molar-refractivity contribution in [1.82, 2.24) is 15.3 Å². The zero-order chi connectivity index (χ0) is 21.0. The predicted molar refractivity (Wildman–Crippen MR) is 102 cm³/mol. The number of hydrogen-bond donors (Lipinski definition) is 1. The molecule has 7 nitrogen and oxygen atoms in total. The molecular weight excluding hydrogens is 394 g/mol. The van der Waals surface area contributed by atoms with Crippen LogP contribution in [0.15, 0.2) is 48.8 Å². The summed E-state index contributed by atoms with van der Waals surface area (Å²) in [4.78, 5) is 46.0. The van der Waals surface area contributed by atoms with Crippen LogP contribution >= 0.6 is 0 Å². The molecule has 1 N–H and O–H groups in total. The van der Waals surface area contributed by atoms with Crippen LogP contribution in [-0.2, 0) is 15.5 Å². The number of nitrogens with zero attached hydrogens (tertiary/aromatic N) is 3. The molecule has 1 unspecified atom stereocenters. The number of hydrogen-bond acceptors (Lipinski definition) is 5. The molecular formula is C21H14F2N4O3. The molecule has 2 aromatic heterocycles. The van der Waals surface area contributed by atoms with Gasteiger partial charge in [-0.1, -0.05) is 18.2 Å². The van der Waals surface area contributed by atoms with E-state index >= 15 is 8.78 Å². The monoisotopic (exact) mass is 408 g/mol. The average Bonchev–Trinajstić information content (AvgIpc) is 3.02. The molecule has 1 atom stereocenters. The van der Waals surface area contributed by atoms with Crippen molar-refractivity contribution < 1.29 is 23.2 Å². The van der Waals surface area contributed by atoms with E-state index in [-0.39, 0.29) is 40.6 Å². The van der Waals surface area contributed by atoms with Gasteiger partial charge >= 0.3 is 5.92 Å². The minimum atomic E-state index is -3.43. The van der Waals surface area contributed by atoms with Gasteiger partial charge in [0.2, 0.25) is 11.8 Å². The Labute approximate surface area is 168 Å². The van der Waals surface area contributed by atoms with Crippen molar-refractivity contribution >= 4 is 34.3 Å². The van der Waals surface area contributed by atoms with E-state index in [0.29, 0.717) is 0 Å². The highest BCUT2D eigenvalue weighted by Gasteiger charge is 2.44. The molecule has 0 aliphatic carbocycles. The van der Waals surface area contributed by atoms with E-state index < -0.39 is 35.4 Å². The molecule has 9 heteroatoms. The van der Waals surface area contributed by atoms with Crippen LogP contribution in [0.2, 0.25) is 0 Å². The van der Waals surface area contributed by atoms with Gasteiger partial charge in [0.25, 0.3) is 5.91 Å². The normalized spacial score (nSPS) is 18.8. The van der Waals surface area contributed by atoms with Crippen molar-refractivity contribution in [2.24, 2.45) is 0 Å². The van der Waals surface area contributed by atoms with Gasteiger partial charge in [0.05, 0.1) is 11.1 Å². The van der Waals surface area contributed by atoms with Crippen molar-refractivity contribution in [3.05, 3.63) is 65.6 Å². The number of alkyl halides is 2. The van der Waals surface area contributed by atoms with E-state index in [4.69, 9.17) is 0 Å². The predicted octanol–water partition coefficient (Wildman–Crippen LogP) is 2.54. The summed E-state index contributed by atoms with van der Waals surface area (Å²) in [6, 6.07) is 7.84. The Bertz CT molecular complexity index is 1230. The van der Waals surface area contributed by atoms with Crippen LogP contribution in [0.3, 0.4) is 0 Å². The minimum Gasteiger partial charge on any atom is -0.295 e. The summed E-state index contributed by atoms with van der Waals surface area (Å²) >= 11 is 0. The Balaban J connectivity index is 1.68. The molecule has 0 bridgehead atoms. The van der Waals surface area contributed by atoms with Crippen LogP contribution in [-0.4, -0.2) is 33.7 Å². The fourth-order valence-corrected chi connectivity index (χ4v) is 4.02. The number of imide groups is 1. The lowest BCUT2D eigenvalue weighted by molar-refractivity contribution is -0.134. The van der Waals surface area contributed by atoms with Gasteiger partial charge in [0.15, 0.2) is 0 Å². The number of rotatable bonds is 3. The molecule has 3 aromatic rings. The number of benzene rings is 1. The highest BCUT2D eigenvalue weighted by Crippen LogP contribution is 2.44. The number of amides is 3. The van der Waals surface area contributed by atoms with E-state index in [1.807, 2.05) is 0 Å². The Kier molecular flexibility index (Phi) is 3.89. The summed E-state index contributed by atoms with van der Waals surface area (Å²) in [5.41, 5.74) is -0.614.